The highest BCUT2D eigenvalue weighted by Gasteiger charge is 2.73. The predicted molar refractivity (Wildman–Crippen MR) is 151 cm³/mol. The number of hydrogen-bond acceptors (Lipinski definition) is 7. The number of allylic oxidation sites excluding steroid dienone is 2. The Kier molecular flexibility index (Phi) is 6.72. The molecule has 0 unspecified atom stereocenters. The number of carbonyl (C=O) groups is 3. The Morgan fingerprint density at radius 1 is 0.795 bits per heavy atom. The van der Waals surface area contributed by atoms with Crippen LogP contribution in [0.25, 0.3) is 0 Å². The summed E-state index contributed by atoms with van der Waals surface area (Å²) < 4.78 is 11.0. The summed E-state index contributed by atoms with van der Waals surface area (Å²) in [5.74, 6) is -1.73. The van der Waals surface area contributed by atoms with Gasteiger partial charge >= 0.3 is 11.9 Å². The van der Waals surface area contributed by atoms with Gasteiger partial charge in [-0.15, -0.1) is 0 Å². The highest BCUT2D eigenvalue weighted by Crippen LogP contribution is 2.62. The molecule has 5 rings (SSSR count). The van der Waals surface area contributed by atoms with E-state index in [9.17, 15) is 14.4 Å². The molecule has 39 heavy (non-hydrogen) atoms. The van der Waals surface area contributed by atoms with Crippen LogP contribution in [0, 0.1) is 0 Å². The lowest BCUT2D eigenvalue weighted by Crippen LogP contribution is -2.58. The minimum atomic E-state index is -1.91. The normalized spacial score (nSPS) is 21.1. The van der Waals surface area contributed by atoms with Crippen molar-refractivity contribution in [2.45, 2.75) is 24.7 Å². The standard InChI is InChI=1S/C32H29NO5S/c1-20-21(2)39-28(33(20)3)26(29(35)37-4)32(30(36)38-5)25-19-13-12-18-24(25)27(34)31(32,22-14-8-6-9-15-22)23-16-10-7-11-17-23/h6-19H,1-5H3/b28-26-/t32-/m1/s1. The molecule has 0 N–H and O–H groups in total. The molecule has 0 amide bonds. The first kappa shape index (κ1) is 26.5. The average molecular weight is 540 g/mol. The number of rotatable bonds is 5. The molecule has 0 radical (unpaired) electrons. The Bertz CT molecular complexity index is 1500. The van der Waals surface area contributed by atoms with Gasteiger partial charge in [-0.2, -0.15) is 0 Å². The molecule has 0 saturated carbocycles. The van der Waals surface area contributed by atoms with Crippen molar-refractivity contribution in [2.24, 2.45) is 0 Å². The fraction of sp³-hybridized carbons (Fsp3) is 0.219. The van der Waals surface area contributed by atoms with E-state index in [1.165, 1.54) is 26.0 Å². The lowest BCUT2D eigenvalue weighted by molar-refractivity contribution is -0.151. The van der Waals surface area contributed by atoms with Gasteiger partial charge in [-0.25, -0.2) is 4.79 Å². The van der Waals surface area contributed by atoms with E-state index in [-0.39, 0.29) is 11.4 Å². The lowest BCUT2D eigenvalue weighted by Gasteiger charge is -2.45. The number of thioether (sulfide) groups is 1. The number of carbonyl (C=O) groups excluding carboxylic acids is 3. The van der Waals surface area contributed by atoms with Crippen molar-refractivity contribution >= 4 is 29.5 Å². The van der Waals surface area contributed by atoms with E-state index in [2.05, 4.69) is 0 Å². The van der Waals surface area contributed by atoms with Crippen LogP contribution >= 0.6 is 11.8 Å². The highest BCUT2D eigenvalue weighted by atomic mass is 32.2. The zero-order valence-corrected chi connectivity index (χ0v) is 23.3. The maximum absolute atomic E-state index is 15.0. The van der Waals surface area contributed by atoms with E-state index < -0.39 is 22.8 Å². The smallest absolute Gasteiger partial charge is 0.338 e. The Morgan fingerprint density at radius 2 is 1.33 bits per heavy atom. The van der Waals surface area contributed by atoms with Crippen LogP contribution in [0.4, 0.5) is 0 Å². The summed E-state index contributed by atoms with van der Waals surface area (Å²) in [4.78, 5) is 46.5. The fourth-order valence-electron chi connectivity index (χ4n) is 6.06. The molecule has 0 aromatic heterocycles. The van der Waals surface area contributed by atoms with Crippen LogP contribution in [0.1, 0.15) is 40.9 Å². The number of ether oxygens (including phenoxy) is 2. The number of fused-ring (bicyclic) bond motifs is 1. The van der Waals surface area contributed by atoms with E-state index in [1.54, 1.807) is 24.3 Å². The minimum Gasteiger partial charge on any atom is -0.468 e. The molecule has 1 heterocycles. The second-order valence-electron chi connectivity index (χ2n) is 9.57. The van der Waals surface area contributed by atoms with Crippen LogP contribution in [0.3, 0.4) is 0 Å². The van der Waals surface area contributed by atoms with Crippen molar-refractivity contribution in [3.63, 3.8) is 0 Å². The molecular formula is C32H29NO5S. The van der Waals surface area contributed by atoms with Gasteiger partial charge in [-0.05, 0) is 30.5 Å². The molecule has 0 bridgehead atoms. The van der Waals surface area contributed by atoms with Crippen molar-refractivity contribution < 1.29 is 23.9 Å². The number of esters is 2. The van der Waals surface area contributed by atoms with Crippen LogP contribution in [-0.2, 0) is 29.9 Å². The van der Waals surface area contributed by atoms with Crippen molar-refractivity contribution in [3.8, 4) is 0 Å². The average Bonchev–Trinajstić information content (AvgIpc) is 3.37. The van der Waals surface area contributed by atoms with Crippen LogP contribution in [-0.4, -0.2) is 43.9 Å². The first-order chi connectivity index (χ1) is 18.8. The molecule has 0 fully saturated rings. The fourth-order valence-corrected chi connectivity index (χ4v) is 7.25. The maximum atomic E-state index is 15.0. The Hall–Kier alpha value is -4.10. The number of hydrogen-bond donors (Lipinski definition) is 0. The van der Waals surface area contributed by atoms with Crippen LogP contribution < -0.4 is 0 Å². The third kappa shape index (κ3) is 3.46. The predicted octanol–water partition coefficient (Wildman–Crippen LogP) is 5.59. The number of benzene rings is 3. The number of methoxy groups -OCH3 is 2. The van der Waals surface area contributed by atoms with E-state index in [1.807, 2.05) is 86.5 Å². The number of nitrogens with zero attached hydrogens (tertiary/aromatic N) is 1. The van der Waals surface area contributed by atoms with E-state index in [0.29, 0.717) is 27.3 Å². The molecule has 0 saturated heterocycles. The van der Waals surface area contributed by atoms with Gasteiger partial charge in [0, 0.05) is 23.2 Å². The van der Waals surface area contributed by atoms with Crippen molar-refractivity contribution in [3.05, 3.63) is 128 Å². The summed E-state index contributed by atoms with van der Waals surface area (Å²) in [6.45, 7) is 3.91. The first-order valence-electron chi connectivity index (χ1n) is 12.5. The monoisotopic (exact) mass is 539 g/mol. The van der Waals surface area contributed by atoms with Gasteiger partial charge in [0.05, 0.1) is 24.8 Å². The number of ketones is 1. The zero-order valence-electron chi connectivity index (χ0n) is 22.5. The summed E-state index contributed by atoms with van der Waals surface area (Å²) in [6, 6.07) is 25.3. The van der Waals surface area contributed by atoms with Gasteiger partial charge in [0.15, 0.2) is 5.78 Å². The largest absolute Gasteiger partial charge is 0.468 e. The molecule has 1 aliphatic carbocycles. The van der Waals surface area contributed by atoms with Gasteiger partial charge in [0.25, 0.3) is 0 Å². The zero-order chi connectivity index (χ0) is 27.9. The van der Waals surface area contributed by atoms with Gasteiger partial charge < -0.3 is 14.4 Å². The summed E-state index contributed by atoms with van der Waals surface area (Å²) in [6.07, 6.45) is 0. The quantitative estimate of drug-likeness (QED) is 0.309. The van der Waals surface area contributed by atoms with Crippen molar-refractivity contribution in [1.82, 2.24) is 4.90 Å². The lowest BCUT2D eigenvalue weighted by atomic mass is 9.53. The van der Waals surface area contributed by atoms with Crippen molar-refractivity contribution in [2.75, 3.05) is 21.3 Å². The molecule has 3 aromatic rings. The van der Waals surface area contributed by atoms with Crippen LogP contribution in [0.2, 0.25) is 0 Å². The number of Topliss-reactive ketones (excluding diaryl/α,β-unsaturated/α-hetero) is 1. The van der Waals surface area contributed by atoms with E-state index in [4.69, 9.17) is 9.47 Å². The molecule has 198 valence electrons. The van der Waals surface area contributed by atoms with E-state index in [0.717, 1.165) is 10.6 Å². The van der Waals surface area contributed by atoms with Crippen LogP contribution in [0.5, 0.6) is 0 Å². The van der Waals surface area contributed by atoms with Crippen LogP contribution in [0.15, 0.2) is 106 Å². The SMILES string of the molecule is COC(=O)/C(=C1/SC(C)=C(C)N1C)[C@@]1(C(=O)OC)c2ccccc2C(=O)C1(c1ccccc1)c1ccccc1. The molecule has 3 aromatic carbocycles. The van der Waals surface area contributed by atoms with Gasteiger partial charge in [0.1, 0.15) is 10.8 Å². The molecular weight excluding hydrogens is 510 g/mol. The summed E-state index contributed by atoms with van der Waals surface area (Å²) in [5, 5.41) is 0.517. The molecule has 0 spiro atoms. The molecule has 1 aliphatic heterocycles. The molecule has 1 atom stereocenters. The molecule has 7 heteroatoms. The van der Waals surface area contributed by atoms with E-state index >= 15 is 0 Å². The Balaban J connectivity index is 2.09. The Labute approximate surface area is 232 Å². The van der Waals surface area contributed by atoms with Crippen molar-refractivity contribution in [1.29, 1.82) is 0 Å². The third-order valence-corrected chi connectivity index (χ3v) is 9.20. The molecule has 6 nitrogen and oxygen atoms in total. The topological polar surface area (TPSA) is 72.9 Å². The first-order valence-corrected chi connectivity index (χ1v) is 13.4. The third-order valence-electron chi connectivity index (χ3n) is 7.93. The second kappa shape index (κ2) is 9.89. The molecule has 2 aliphatic rings. The Morgan fingerprint density at radius 3 is 1.82 bits per heavy atom. The minimum absolute atomic E-state index is 0.0616. The maximum Gasteiger partial charge on any atom is 0.338 e. The van der Waals surface area contributed by atoms with Gasteiger partial charge in [-0.3, -0.25) is 9.59 Å². The highest BCUT2D eigenvalue weighted by molar-refractivity contribution is 8.07. The summed E-state index contributed by atoms with van der Waals surface area (Å²) in [5.41, 5.74) is -0.705. The summed E-state index contributed by atoms with van der Waals surface area (Å²) >= 11 is 1.38. The van der Waals surface area contributed by atoms with Gasteiger partial charge in [0.2, 0.25) is 0 Å². The second-order valence-corrected chi connectivity index (χ2v) is 10.8. The summed E-state index contributed by atoms with van der Waals surface area (Å²) in [7, 11) is 4.42. The van der Waals surface area contributed by atoms with Gasteiger partial charge in [-0.1, -0.05) is 96.7 Å².